The van der Waals surface area contributed by atoms with Crippen molar-refractivity contribution in [2.45, 2.75) is 38.5 Å². The van der Waals surface area contributed by atoms with E-state index < -0.39 is 0 Å². The molecule has 27 heavy (non-hydrogen) atoms. The molecule has 1 aromatic rings. The molecule has 1 aliphatic carbocycles. The van der Waals surface area contributed by atoms with Gasteiger partial charge in [-0.1, -0.05) is 6.42 Å². The highest BCUT2D eigenvalue weighted by molar-refractivity contribution is 5.94. The zero-order valence-corrected chi connectivity index (χ0v) is 15.9. The number of carbonyl (C=O) groups excluding carboxylic acids is 1. The predicted molar refractivity (Wildman–Crippen MR) is 105 cm³/mol. The van der Waals surface area contributed by atoms with Crippen molar-refractivity contribution in [2.75, 3.05) is 44.2 Å². The van der Waals surface area contributed by atoms with Crippen LogP contribution in [-0.4, -0.2) is 60.8 Å². The van der Waals surface area contributed by atoms with Crippen molar-refractivity contribution in [2.24, 2.45) is 11.0 Å². The van der Waals surface area contributed by atoms with Gasteiger partial charge in [0.15, 0.2) is 0 Å². The van der Waals surface area contributed by atoms with Crippen molar-refractivity contribution in [1.29, 1.82) is 0 Å². The summed E-state index contributed by atoms with van der Waals surface area (Å²) in [6.45, 7) is 5.64. The zero-order chi connectivity index (χ0) is 18.6. The second kappa shape index (κ2) is 8.38. The molecule has 1 unspecified atom stereocenters. The summed E-state index contributed by atoms with van der Waals surface area (Å²) in [4.78, 5) is 17.1. The second-order valence-electron chi connectivity index (χ2n) is 7.91. The lowest BCUT2D eigenvalue weighted by Crippen LogP contribution is -2.47. The standard InChI is InChI=1S/C21H29FN4O/c22-18-6-8-19(9-7-18)25-14-12-24(13-15-25)10-3-11-26-21(27)16-17-4-1-2-5-20(17)23-26/h6-9,17H,1-5,10-16H2. The van der Waals surface area contributed by atoms with Crippen molar-refractivity contribution >= 4 is 17.3 Å². The third kappa shape index (κ3) is 4.49. The summed E-state index contributed by atoms with van der Waals surface area (Å²) in [6.07, 6.45) is 6.28. The van der Waals surface area contributed by atoms with Crippen LogP contribution in [0.15, 0.2) is 29.4 Å². The third-order valence-corrected chi connectivity index (χ3v) is 6.07. The minimum absolute atomic E-state index is 0.187. The number of hydrogen-bond donors (Lipinski definition) is 0. The minimum atomic E-state index is -0.187. The number of amides is 1. The average molecular weight is 372 g/mol. The Bertz CT molecular complexity index is 682. The van der Waals surface area contributed by atoms with E-state index >= 15 is 0 Å². The quantitative estimate of drug-likeness (QED) is 0.797. The van der Waals surface area contributed by atoms with E-state index in [-0.39, 0.29) is 11.7 Å². The minimum Gasteiger partial charge on any atom is -0.369 e. The van der Waals surface area contributed by atoms with E-state index in [4.69, 9.17) is 0 Å². The van der Waals surface area contributed by atoms with E-state index in [1.807, 2.05) is 12.1 Å². The number of piperazine rings is 1. The number of carbonyl (C=O) groups is 1. The molecule has 5 nitrogen and oxygen atoms in total. The summed E-state index contributed by atoms with van der Waals surface area (Å²) in [5, 5.41) is 6.40. The Balaban J connectivity index is 1.21. The van der Waals surface area contributed by atoms with Crippen LogP contribution in [0, 0.1) is 11.7 Å². The zero-order valence-electron chi connectivity index (χ0n) is 15.9. The molecule has 1 aromatic carbocycles. The Labute approximate surface area is 160 Å². The molecule has 0 bridgehead atoms. The molecule has 0 spiro atoms. The number of benzene rings is 1. The van der Waals surface area contributed by atoms with Gasteiger partial charge in [-0.3, -0.25) is 9.69 Å². The summed E-state index contributed by atoms with van der Waals surface area (Å²) in [5.74, 6) is 0.432. The van der Waals surface area contributed by atoms with Gasteiger partial charge in [-0.05, 0) is 49.9 Å². The van der Waals surface area contributed by atoms with E-state index in [1.165, 1.54) is 30.7 Å². The van der Waals surface area contributed by atoms with Crippen molar-refractivity contribution in [3.8, 4) is 0 Å². The molecular formula is C21H29FN4O. The first-order chi connectivity index (χ1) is 13.2. The molecule has 4 rings (SSSR count). The molecule has 1 atom stereocenters. The molecule has 0 aromatic heterocycles. The summed E-state index contributed by atoms with van der Waals surface area (Å²) in [7, 11) is 0. The maximum Gasteiger partial charge on any atom is 0.243 e. The number of nitrogens with zero attached hydrogens (tertiary/aromatic N) is 4. The highest BCUT2D eigenvalue weighted by atomic mass is 19.1. The normalized spacial score (nSPS) is 24.0. The maximum atomic E-state index is 13.1. The highest BCUT2D eigenvalue weighted by Crippen LogP contribution is 2.29. The van der Waals surface area contributed by atoms with Gasteiger partial charge in [0, 0.05) is 63.0 Å². The Morgan fingerprint density at radius 3 is 2.59 bits per heavy atom. The summed E-state index contributed by atoms with van der Waals surface area (Å²) in [6, 6.07) is 6.75. The van der Waals surface area contributed by atoms with Crippen molar-refractivity contribution < 1.29 is 9.18 Å². The Morgan fingerprint density at radius 1 is 1.04 bits per heavy atom. The van der Waals surface area contributed by atoms with Gasteiger partial charge >= 0.3 is 0 Å². The van der Waals surface area contributed by atoms with Gasteiger partial charge in [-0.2, -0.15) is 5.10 Å². The van der Waals surface area contributed by atoms with Gasteiger partial charge in [-0.25, -0.2) is 9.40 Å². The molecule has 2 fully saturated rings. The molecule has 3 aliphatic rings. The van der Waals surface area contributed by atoms with E-state index in [0.29, 0.717) is 12.3 Å². The lowest BCUT2D eigenvalue weighted by atomic mass is 9.84. The molecule has 1 amide bonds. The van der Waals surface area contributed by atoms with Crippen LogP contribution in [0.1, 0.15) is 38.5 Å². The van der Waals surface area contributed by atoms with Gasteiger partial charge in [0.1, 0.15) is 5.82 Å². The molecule has 146 valence electrons. The Kier molecular flexibility index (Phi) is 5.72. The van der Waals surface area contributed by atoms with Gasteiger partial charge in [-0.15, -0.1) is 0 Å². The molecule has 2 aliphatic heterocycles. The van der Waals surface area contributed by atoms with Gasteiger partial charge in [0.25, 0.3) is 0 Å². The number of rotatable bonds is 5. The fraction of sp³-hybridized carbons (Fsp3) is 0.619. The van der Waals surface area contributed by atoms with E-state index in [1.54, 1.807) is 5.01 Å². The molecule has 2 heterocycles. The molecule has 1 saturated carbocycles. The fourth-order valence-electron chi connectivity index (χ4n) is 4.45. The maximum absolute atomic E-state index is 13.1. The molecule has 0 radical (unpaired) electrons. The first-order valence-electron chi connectivity index (χ1n) is 10.3. The van der Waals surface area contributed by atoms with E-state index in [0.717, 1.165) is 64.2 Å². The number of anilines is 1. The fourth-order valence-corrected chi connectivity index (χ4v) is 4.45. The summed E-state index contributed by atoms with van der Waals surface area (Å²) in [5.41, 5.74) is 2.35. The lowest BCUT2D eigenvalue weighted by molar-refractivity contribution is -0.133. The van der Waals surface area contributed by atoms with Gasteiger partial charge in [0.05, 0.1) is 0 Å². The molecule has 1 saturated heterocycles. The van der Waals surface area contributed by atoms with Crippen molar-refractivity contribution in [3.05, 3.63) is 30.1 Å². The van der Waals surface area contributed by atoms with Crippen LogP contribution >= 0.6 is 0 Å². The summed E-state index contributed by atoms with van der Waals surface area (Å²) >= 11 is 0. The van der Waals surface area contributed by atoms with Gasteiger partial charge < -0.3 is 4.90 Å². The number of fused-ring (bicyclic) bond motifs is 1. The third-order valence-electron chi connectivity index (χ3n) is 6.07. The van der Waals surface area contributed by atoms with Crippen LogP contribution in [0.25, 0.3) is 0 Å². The topological polar surface area (TPSA) is 39.2 Å². The van der Waals surface area contributed by atoms with E-state index in [9.17, 15) is 9.18 Å². The summed E-state index contributed by atoms with van der Waals surface area (Å²) < 4.78 is 13.1. The molecule has 0 N–H and O–H groups in total. The van der Waals surface area contributed by atoms with Crippen LogP contribution in [0.4, 0.5) is 10.1 Å². The van der Waals surface area contributed by atoms with Gasteiger partial charge in [0.2, 0.25) is 5.91 Å². The highest BCUT2D eigenvalue weighted by Gasteiger charge is 2.30. The van der Waals surface area contributed by atoms with Crippen LogP contribution < -0.4 is 4.90 Å². The number of hydrogen-bond acceptors (Lipinski definition) is 4. The lowest BCUT2D eigenvalue weighted by Gasteiger charge is -2.36. The van der Waals surface area contributed by atoms with Crippen LogP contribution in [0.2, 0.25) is 0 Å². The number of hydrazone groups is 1. The first kappa shape index (κ1) is 18.4. The predicted octanol–water partition coefficient (Wildman–Crippen LogP) is 3.12. The number of halogens is 1. The van der Waals surface area contributed by atoms with Crippen molar-refractivity contribution in [3.63, 3.8) is 0 Å². The average Bonchev–Trinajstić information content (AvgIpc) is 2.69. The van der Waals surface area contributed by atoms with Crippen LogP contribution in [0.5, 0.6) is 0 Å². The van der Waals surface area contributed by atoms with Crippen LogP contribution in [0.3, 0.4) is 0 Å². The largest absolute Gasteiger partial charge is 0.369 e. The SMILES string of the molecule is O=C1CC2CCCCC2=NN1CCCN1CCN(c2ccc(F)cc2)CC1. The second-order valence-corrected chi connectivity index (χ2v) is 7.91. The molecule has 6 heteroatoms. The molecular weight excluding hydrogens is 343 g/mol. The monoisotopic (exact) mass is 372 g/mol. The van der Waals surface area contributed by atoms with E-state index in [2.05, 4.69) is 14.9 Å². The Morgan fingerprint density at radius 2 is 1.81 bits per heavy atom. The van der Waals surface area contributed by atoms with Crippen molar-refractivity contribution in [1.82, 2.24) is 9.91 Å². The van der Waals surface area contributed by atoms with Crippen LogP contribution in [-0.2, 0) is 4.79 Å². The first-order valence-corrected chi connectivity index (χ1v) is 10.3. The Hall–Kier alpha value is -1.95. The smallest absolute Gasteiger partial charge is 0.243 e.